The molecule has 2 heterocycles. The van der Waals surface area contributed by atoms with E-state index in [9.17, 15) is 0 Å². The lowest BCUT2D eigenvalue weighted by molar-refractivity contribution is 0.660. The number of para-hydroxylation sites is 2. The number of hydrogen-bond acceptors (Lipinski definition) is 4. The van der Waals surface area contributed by atoms with Crippen LogP contribution in [-0.4, -0.2) is 0 Å². The van der Waals surface area contributed by atoms with Crippen molar-refractivity contribution in [3.8, 4) is 32.0 Å². The van der Waals surface area contributed by atoms with Gasteiger partial charge in [0.2, 0.25) is 0 Å². The molecular weight excluding hydrogens is 753 g/mol. The third-order valence-electron chi connectivity index (χ3n) is 11.9. The average Bonchev–Trinajstić information content (AvgIpc) is 3.98. The number of nitrogens with zero attached hydrogens (tertiary/aromatic N) is 2. The van der Waals surface area contributed by atoms with Crippen LogP contribution in [0.15, 0.2) is 206 Å². The zero-order valence-corrected chi connectivity index (χ0v) is 34.5. The van der Waals surface area contributed by atoms with Gasteiger partial charge in [0.1, 0.15) is 0 Å². The molecule has 282 valence electrons. The lowest BCUT2D eigenvalue weighted by atomic mass is 9.82. The second kappa shape index (κ2) is 14.3. The van der Waals surface area contributed by atoms with E-state index in [1.807, 2.05) is 22.7 Å². The molecule has 0 unspecified atom stereocenters. The second-order valence-corrected chi connectivity index (χ2v) is 18.0. The zero-order chi connectivity index (χ0) is 39.5. The molecule has 2 aromatic heterocycles. The van der Waals surface area contributed by atoms with Gasteiger partial charge >= 0.3 is 0 Å². The summed E-state index contributed by atoms with van der Waals surface area (Å²) in [6.45, 7) is 4.76. The number of hydrogen-bond donors (Lipinski definition) is 0. The number of thiophene rings is 2. The monoisotopic (exact) mass is 792 g/mol. The highest BCUT2D eigenvalue weighted by Gasteiger charge is 2.37. The van der Waals surface area contributed by atoms with Crippen LogP contribution in [0.1, 0.15) is 25.0 Å². The Morgan fingerprint density at radius 1 is 0.339 bits per heavy atom. The smallest absolute Gasteiger partial charge is 0.0465 e. The summed E-state index contributed by atoms with van der Waals surface area (Å²) < 4.78 is 2.63. The Bertz CT molecular complexity index is 2840. The highest BCUT2D eigenvalue weighted by molar-refractivity contribution is 7.22. The van der Waals surface area contributed by atoms with Gasteiger partial charge in [0, 0.05) is 58.7 Å². The van der Waals surface area contributed by atoms with Crippen LogP contribution >= 0.6 is 22.7 Å². The molecule has 0 aliphatic heterocycles. The molecule has 0 bridgehead atoms. The van der Waals surface area contributed by atoms with E-state index in [1.54, 1.807) is 0 Å². The second-order valence-electron chi connectivity index (χ2n) is 15.8. The molecule has 59 heavy (non-hydrogen) atoms. The molecule has 0 atom stereocenters. The normalized spacial score (nSPS) is 12.7. The summed E-state index contributed by atoms with van der Waals surface area (Å²) in [6, 6.07) is 75.5. The van der Waals surface area contributed by atoms with Gasteiger partial charge in [-0.15, -0.1) is 22.7 Å². The van der Waals surface area contributed by atoms with Gasteiger partial charge in [-0.05, 0) is 141 Å². The Morgan fingerprint density at radius 2 is 0.695 bits per heavy atom. The maximum Gasteiger partial charge on any atom is 0.0465 e. The van der Waals surface area contributed by atoms with E-state index in [2.05, 4.69) is 230 Å². The van der Waals surface area contributed by atoms with Crippen molar-refractivity contribution >= 4 is 77.0 Å². The van der Waals surface area contributed by atoms with Gasteiger partial charge < -0.3 is 9.80 Å². The summed E-state index contributed by atoms with van der Waals surface area (Å²) in [4.78, 5) is 7.35. The van der Waals surface area contributed by atoms with Crippen LogP contribution in [0.25, 0.3) is 52.2 Å². The van der Waals surface area contributed by atoms with Gasteiger partial charge in [0.25, 0.3) is 0 Å². The Morgan fingerprint density at radius 3 is 1.10 bits per heavy atom. The van der Waals surface area contributed by atoms with Crippen molar-refractivity contribution in [3.05, 3.63) is 217 Å². The van der Waals surface area contributed by atoms with E-state index in [0.29, 0.717) is 0 Å². The van der Waals surface area contributed by atoms with Crippen molar-refractivity contribution in [1.82, 2.24) is 0 Å². The first-order chi connectivity index (χ1) is 29.0. The van der Waals surface area contributed by atoms with Crippen molar-refractivity contribution in [2.24, 2.45) is 0 Å². The first kappa shape index (κ1) is 35.4. The molecule has 0 N–H and O–H groups in total. The standard InChI is InChI=1S/C55H40N2S2/c1-55(2)49-35-45(56(41-15-5-3-6-16-41)43-25-21-37(22-26-43)53-33-39-13-9-11-19-51(39)58-53)29-31-47(49)48-32-30-46(36-50(48)55)57(42-17-7-4-8-18-42)44-27-23-38(24-28-44)54-34-40-14-10-12-20-52(40)59-54/h3-36H,1-2H3. The van der Waals surface area contributed by atoms with E-state index < -0.39 is 0 Å². The lowest BCUT2D eigenvalue weighted by Gasteiger charge is -2.29. The zero-order valence-electron chi connectivity index (χ0n) is 32.8. The van der Waals surface area contributed by atoms with Crippen molar-refractivity contribution in [3.63, 3.8) is 0 Å². The third kappa shape index (κ3) is 6.24. The number of benzene rings is 8. The molecule has 11 rings (SSSR count). The van der Waals surface area contributed by atoms with E-state index in [4.69, 9.17) is 0 Å². The number of fused-ring (bicyclic) bond motifs is 5. The molecule has 0 amide bonds. The van der Waals surface area contributed by atoms with Crippen LogP contribution < -0.4 is 9.80 Å². The largest absolute Gasteiger partial charge is 0.310 e. The third-order valence-corrected chi connectivity index (χ3v) is 14.2. The molecule has 1 aliphatic rings. The molecular formula is C55H40N2S2. The maximum absolute atomic E-state index is 2.42. The van der Waals surface area contributed by atoms with Crippen LogP contribution in [-0.2, 0) is 5.41 Å². The Balaban J connectivity index is 0.950. The molecule has 0 spiro atoms. The number of anilines is 6. The van der Waals surface area contributed by atoms with Gasteiger partial charge in [-0.25, -0.2) is 0 Å². The lowest BCUT2D eigenvalue weighted by Crippen LogP contribution is -2.17. The molecule has 0 fully saturated rings. The van der Waals surface area contributed by atoms with E-state index in [0.717, 1.165) is 34.1 Å². The van der Waals surface area contributed by atoms with Crippen molar-refractivity contribution in [2.45, 2.75) is 19.3 Å². The minimum atomic E-state index is -0.225. The van der Waals surface area contributed by atoms with Crippen LogP contribution in [0.5, 0.6) is 0 Å². The SMILES string of the molecule is CC1(C)c2cc(N(c3ccccc3)c3ccc(-c4cc5ccccc5s4)cc3)ccc2-c2ccc(N(c3ccccc3)c3ccc(-c4cc5ccccc5s4)cc3)cc21. The Labute approximate surface area is 353 Å². The molecule has 0 saturated carbocycles. The van der Waals surface area contributed by atoms with Crippen molar-refractivity contribution in [1.29, 1.82) is 0 Å². The number of rotatable bonds is 8. The fourth-order valence-electron chi connectivity index (χ4n) is 8.84. The molecule has 2 nitrogen and oxygen atoms in total. The first-order valence-corrected chi connectivity index (χ1v) is 21.8. The summed E-state index contributed by atoms with van der Waals surface area (Å²) in [7, 11) is 0. The van der Waals surface area contributed by atoms with Crippen molar-refractivity contribution < 1.29 is 0 Å². The van der Waals surface area contributed by atoms with Gasteiger partial charge in [-0.3, -0.25) is 0 Å². The average molecular weight is 793 g/mol. The highest BCUT2D eigenvalue weighted by Crippen LogP contribution is 2.52. The molecule has 4 heteroatoms. The predicted molar refractivity (Wildman–Crippen MR) is 255 cm³/mol. The summed E-state index contributed by atoms with van der Waals surface area (Å²) in [5, 5.41) is 2.59. The molecule has 8 aromatic carbocycles. The van der Waals surface area contributed by atoms with E-state index >= 15 is 0 Å². The predicted octanol–water partition coefficient (Wildman–Crippen LogP) is 16.7. The van der Waals surface area contributed by atoms with Crippen LogP contribution in [0.3, 0.4) is 0 Å². The molecule has 10 aromatic rings. The van der Waals surface area contributed by atoms with Crippen LogP contribution in [0.4, 0.5) is 34.1 Å². The summed E-state index contributed by atoms with van der Waals surface area (Å²) >= 11 is 3.70. The minimum Gasteiger partial charge on any atom is -0.310 e. The highest BCUT2D eigenvalue weighted by atomic mass is 32.1. The molecule has 0 radical (unpaired) electrons. The fourth-order valence-corrected chi connectivity index (χ4v) is 11.0. The van der Waals surface area contributed by atoms with Crippen LogP contribution in [0, 0.1) is 0 Å². The summed E-state index contributed by atoms with van der Waals surface area (Å²) in [5.74, 6) is 0. The van der Waals surface area contributed by atoms with Gasteiger partial charge in [-0.1, -0.05) is 123 Å². The fraction of sp³-hybridized carbons (Fsp3) is 0.0545. The Kier molecular flexibility index (Phi) is 8.58. The summed E-state index contributed by atoms with van der Waals surface area (Å²) in [6.07, 6.45) is 0. The summed E-state index contributed by atoms with van der Waals surface area (Å²) in [5.41, 5.74) is 14.4. The van der Waals surface area contributed by atoms with Gasteiger partial charge in [-0.2, -0.15) is 0 Å². The molecule has 1 aliphatic carbocycles. The van der Waals surface area contributed by atoms with E-state index in [-0.39, 0.29) is 5.41 Å². The van der Waals surface area contributed by atoms with Crippen LogP contribution in [0.2, 0.25) is 0 Å². The topological polar surface area (TPSA) is 6.48 Å². The van der Waals surface area contributed by atoms with Gasteiger partial charge in [0.05, 0.1) is 0 Å². The maximum atomic E-state index is 2.42. The van der Waals surface area contributed by atoms with Crippen molar-refractivity contribution in [2.75, 3.05) is 9.80 Å². The van der Waals surface area contributed by atoms with E-state index in [1.165, 1.54) is 63.3 Å². The first-order valence-electron chi connectivity index (χ1n) is 20.2. The minimum absolute atomic E-state index is 0.225. The quantitative estimate of drug-likeness (QED) is 0.151. The van der Waals surface area contributed by atoms with Gasteiger partial charge in [0.15, 0.2) is 0 Å². The Hall–Kier alpha value is -6.72. The molecule has 0 saturated heterocycles.